The third kappa shape index (κ3) is 7.70. The minimum atomic E-state index is -0.0288. The van der Waals surface area contributed by atoms with Gasteiger partial charge in [-0.3, -0.25) is 0 Å². The SMILES string of the molecule is C=C(C)COC(C)(C)C. The van der Waals surface area contributed by atoms with E-state index in [0.717, 1.165) is 5.57 Å². The molecule has 0 aliphatic rings. The first-order valence-electron chi connectivity index (χ1n) is 3.20. The fourth-order valence-electron chi connectivity index (χ4n) is 0.340. The monoisotopic (exact) mass is 128 g/mol. The molecule has 0 bridgehead atoms. The highest BCUT2D eigenvalue weighted by molar-refractivity contribution is 4.88. The molecule has 0 aromatic carbocycles. The first-order chi connectivity index (χ1) is 3.92. The van der Waals surface area contributed by atoms with E-state index in [-0.39, 0.29) is 5.60 Å². The van der Waals surface area contributed by atoms with Gasteiger partial charge in [-0.05, 0) is 27.7 Å². The molecule has 9 heavy (non-hydrogen) atoms. The van der Waals surface area contributed by atoms with Gasteiger partial charge in [0.15, 0.2) is 0 Å². The Balaban J connectivity index is 3.39. The van der Waals surface area contributed by atoms with Crippen LogP contribution in [0.5, 0.6) is 0 Å². The van der Waals surface area contributed by atoms with Gasteiger partial charge in [-0.15, -0.1) is 0 Å². The van der Waals surface area contributed by atoms with Crippen LogP contribution >= 0.6 is 0 Å². The van der Waals surface area contributed by atoms with Crippen LogP contribution in [0.15, 0.2) is 12.2 Å². The van der Waals surface area contributed by atoms with E-state index >= 15 is 0 Å². The van der Waals surface area contributed by atoms with Gasteiger partial charge in [0.25, 0.3) is 0 Å². The van der Waals surface area contributed by atoms with Gasteiger partial charge >= 0.3 is 0 Å². The fraction of sp³-hybridized carbons (Fsp3) is 0.750. The highest BCUT2D eigenvalue weighted by atomic mass is 16.5. The lowest BCUT2D eigenvalue weighted by Crippen LogP contribution is -2.19. The Morgan fingerprint density at radius 1 is 1.44 bits per heavy atom. The Morgan fingerprint density at radius 2 is 1.89 bits per heavy atom. The molecule has 0 aliphatic heterocycles. The zero-order valence-electron chi connectivity index (χ0n) is 6.82. The summed E-state index contributed by atoms with van der Waals surface area (Å²) in [5.41, 5.74) is 1.05. The van der Waals surface area contributed by atoms with Gasteiger partial charge in [-0.25, -0.2) is 0 Å². The van der Waals surface area contributed by atoms with E-state index in [0.29, 0.717) is 6.61 Å². The molecule has 0 heterocycles. The largest absolute Gasteiger partial charge is 0.372 e. The molecule has 0 aromatic heterocycles. The molecule has 0 saturated heterocycles. The maximum atomic E-state index is 5.39. The minimum Gasteiger partial charge on any atom is -0.372 e. The molecule has 0 unspecified atom stereocenters. The molecule has 0 saturated carbocycles. The molecule has 0 aromatic rings. The van der Waals surface area contributed by atoms with Crippen LogP contribution in [0.4, 0.5) is 0 Å². The highest BCUT2D eigenvalue weighted by Crippen LogP contribution is 2.07. The molecule has 0 amide bonds. The van der Waals surface area contributed by atoms with Crippen LogP contribution in [-0.4, -0.2) is 12.2 Å². The maximum Gasteiger partial charge on any atom is 0.0678 e. The maximum absolute atomic E-state index is 5.39. The van der Waals surface area contributed by atoms with E-state index in [9.17, 15) is 0 Å². The van der Waals surface area contributed by atoms with Crippen molar-refractivity contribution < 1.29 is 4.74 Å². The molecule has 0 rings (SSSR count). The third-order valence-electron chi connectivity index (χ3n) is 0.752. The van der Waals surface area contributed by atoms with Crippen molar-refractivity contribution in [2.24, 2.45) is 0 Å². The second-order valence-corrected chi connectivity index (χ2v) is 3.36. The lowest BCUT2D eigenvalue weighted by atomic mass is 10.2. The predicted molar refractivity (Wildman–Crippen MR) is 40.5 cm³/mol. The second-order valence-electron chi connectivity index (χ2n) is 3.36. The Bertz CT molecular complexity index is 97.6. The van der Waals surface area contributed by atoms with Crippen LogP contribution in [-0.2, 0) is 4.74 Å². The third-order valence-corrected chi connectivity index (χ3v) is 0.752. The van der Waals surface area contributed by atoms with Crippen LogP contribution in [0.1, 0.15) is 27.7 Å². The molecule has 0 aliphatic carbocycles. The average Bonchev–Trinajstić information content (AvgIpc) is 1.59. The topological polar surface area (TPSA) is 9.23 Å². The van der Waals surface area contributed by atoms with Gasteiger partial charge in [-0.1, -0.05) is 12.2 Å². The Morgan fingerprint density at radius 3 is 2.00 bits per heavy atom. The van der Waals surface area contributed by atoms with Gasteiger partial charge in [0.2, 0.25) is 0 Å². The van der Waals surface area contributed by atoms with E-state index in [1.807, 2.05) is 27.7 Å². The summed E-state index contributed by atoms with van der Waals surface area (Å²) >= 11 is 0. The first-order valence-corrected chi connectivity index (χ1v) is 3.20. The molecule has 0 N–H and O–H groups in total. The van der Waals surface area contributed by atoms with E-state index in [1.165, 1.54) is 0 Å². The molecule has 54 valence electrons. The van der Waals surface area contributed by atoms with Crippen molar-refractivity contribution >= 4 is 0 Å². The van der Waals surface area contributed by atoms with Crippen LogP contribution in [0, 0.1) is 0 Å². The molecule has 0 spiro atoms. The zero-order chi connectivity index (χ0) is 7.49. The summed E-state index contributed by atoms with van der Waals surface area (Å²) in [7, 11) is 0. The summed E-state index contributed by atoms with van der Waals surface area (Å²) in [6, 6.07) is 0. The number of hydrogen-bond donors (Lipinski definition) is 0. The van der Waals surface area contributed by atoms with Crippen molar-refractivity contribution in [1.29, 1.82) is 0 Å². The smallest absolute Gasteiger partial charge is 0.0678 e. The van der Waals surface area contributed by atoms with E-state index in [4.69, 9.17) is 4.74 Å². The molecule has 0 fully saturated rings. The van der Waals surface area contributed by atoms with Crippen molar-refractivity contribution in [3.8, 4) is 0 Å². The van der Waals surface area contributed by atoms with Gasteiger partial charge in [0.05, 0.1) is 12.2 Å². The highest BCUT2D eigenvalue weighted by Gasteiger charge is 2.08. The number of ether oxygens (including phenoxy) is 1. The van der Waals surface area contributed by atoms with Gasteiger partial charge < -0.3 is 4.74 Å². The Labute approximate surface area is 57.7 Å². The van der Waals surface area contributed by atoms with Crippen LogP contribution in [0.3, 0.4) is 0 Å². The number of rotatable bonds is 2. The predicted octanol–water partition coefficient (Wildman–Crippen LogP) is 2.38. The standard InChI is InChI=1S/C8H16O/c1-7(2)6-9-8(3,4)5/h1,6H2,2-5H3. The van der Waals surface area contributed by atoms with Crippen molar-refractivity contribution in [3.05, 3.63) is 12.2 Å². The van der Waals surface area contributed by atoms with Crippen molar-refractivity contribution in [1.82, 2.24) is 0 Å². The van der Waals surface area contributed by atoms with Crippen molar-refractivity contribution in [2.45, 2.75) is 33.3 Å². The van der Waals surface area contributed by atoms with Crippen molar-refractivity contribution in [2.75, 3.05) is 6.61 Å². The summed E-state index contributed by atoms with van der Waals surface area (Å²) < 4.78 is 5.39. The summed E-state index contributed by atoms with van der Waals surface area (Å²) in [5.74, 6) is 0. The number of hydrogen-bond acceptors (Lipinski definition) is 1. The first kappa shape index (κ1) is 8.70. The zero-order valence-corrected chi connectivity index (χ0v) is 6.82. The summed E-state index contributed by atoms with van der Waals surface area (Å²) in [5, 5.41) is 0. The van der Waals surface area contributed by atoms with Gasteiger partial charge in [0.1, 0.15) is 0 Å². The molecular formula is C8H16O. The molecule has 0 radical (unpaired) electrons. The van der Waals surface area contributed by atoms with E-state index in [2.05, 4.69) is 6.58 Å². The second kappa shape index (κ2) is 3.02. The van der Waals surface area contributed by atoms with E-state index in [1.54, 1.807) is 0 Å². The molecule has 1 heteroatoms. The quantitative estimate of drug-likeness (QED) is 0.519. The van der Waals surface area contributed by atoms with E-state index < -0.39 is 0 Å². The normalized spacial score (nSPS) is 11.6. The summed E-state index contributed by atoms with van der Waals surface area (Å²) in [4.78, 5) is 0. The molecule has 1 nitrogen and oxygen atoms in total. The Kier molecular flexibility index (Phi) is 2.92. The molecular weight excluding hydrogens is 112 g/mol. The van der Waals surface area contributed by atoms with Crippen LogP contribution in [0.2, 0.25) is 0 Å². The van der Waals surface area contributed by atoms with Crippen LogP contribution in [0.25, 0.3) is 0 Å². The average molecular weight is 128 g/mol. The lowest BCUT2D eigenvalue weighted by molar-refractivity contribution is 0.0113. The van der Waals surface area contributed by atoms with Crippen molar-refractivity contribution in [3.63, 3.8) is 0 Å². The van der Waals surface area contributed by atoms with Crippen LogP contribution < -0.4 is 0 Å². The summed E-state index contributed by atoms with van der Waals surface area (Å²) in [6.45, 7) is 12.5. The van der Waals surface area contributed by atoms with Gasteiger partial charge in [0, 0.05) is 0 Å². The minimum absolute atomic E-state index is 0.0288. The Hall–Kier alpha value is -0.300. The fourth-order valence-corrected chi connectivity index (χ4v) is 0.340. The molecule has 0 atom stereocenters. The van der Waals surface area contributed by atoms with Gasteiger partial charge in [-0.2, -0.15) is 0 Å². The lowest BCUT2D eigenvalue weighted by Gasteiger charge is -2.19. The summed E-state index contributed by atoms with van der Waals surface area (Å²) in [6.07, 6.45) is 0.